The molecule has 3 heteroatoms. The molecule has 0 N–H and O–H groups in total. The van der Waals surface area contributed by atoms with Gasteiger partial charge in [0.25, 0.3) is 0 Å². The molecule has 2 rings (SSSR count). The Morgan fingerprint density at radius 3 is 2.47 bits per heavy atom. The molecule has 0 aromatic heterocycles. The monoisotopic (exact) mass is 230 g/mol. The number of hydrogen-bond donors (Lipinski definition) is 0. The summed E-state index contributed by atoms with van der Waals surface area (Å²) < 4.78 is 26.8. The van der Waals surface area contributed by atoms with E-state index in [1.807, 2.05) is 0 Å². The van der Waals surface area contributed by atoms with Crippen LogP contribution in [0.15, 0.2) is 12.1 Å². The number of halogens is 3. The predicted octanol–water partition coefficient (Wildman–Crippen LogP) is 4.35. The fourth-order valence-corrected chi connectivity index (χ4v) is 2.28. The first-order valence-electron chi connectivity index (χ1n) is 5.19. The number of hydrogen-bond acceptors (Lipinski definition) is 0. The van der Waals surface area contributed by atoms with Crippen LogP contribution in [0.25, 0.3) is 0 Å². The zero-order valence-corrected chi connectivity index (χ0v) is 9.32. The molecule has 1 fully saturated rings. The average Bonchev–Trinajstić information content (AvgIpc) is 2.08. The van der Waals surface area contributed by atoms with Gasteiger partial charge >= 0.3 is 0 Å². The zero-order valence-electron chi connectivity index (χ0n) is 8.56. The van der Waals surface area contributed by atoms with Crippen molar-refractivity contribution in [1.82, 2.24) is 0 Å². The van der Waals surface area contributed by atoms with E-state index in [0.29, 0.717) is 17.0 Å². The molecule has 1 atom stereocenters. The van der Waals surface area contributed by atoms with E-state index in [9.17, 15) is 8.78 Å². The minimum absolute atomic E-state index is 0.309. The predicted molar refractivity (Wildman–Crippen MR) is 57.0 cm³/mol. The minimum atomic E-state index is -0.388. The molecule has 1 unspecified atom stereocenters. The summed E-state index contributed by atoms with van der Waals surface area (Å²) in [6.07, 6.45) is 3.18. The molecule has 1 aromatic carbocycles. The summed E-state index contributed by atoms with van der Waals surface area (Å²) in [7, 11) is 0. The molecule has 0 nitrogen and oxygen atoms in total. The minimum Gasteiger partial charge on any atom is -0.207 e. The van der Waals surface area contributed by atoms with Gasteiger partial charge in [0.15, 0.2) is 0 Å². The van der Waals surface area contributed by atoms with Gasteiger partial charge in [-0.05, 0) is 43.4 Å². The molecule has 82 valence electrons. The van der Waals surface area contributed by atoms with Crippen LogP contribution in [0.2, 0.25) is 0 Å². The normalized spacial score (nSPS) is 18.7. The summed E-state index contributed by atoms with van der Waals surface area (Å²) in [6.45, 7) is 1.55. The van der Waals surface area contributed by atoms with Crippen molar-refractivity contribution in [2.45, 2.75) is 31.6 Å². The van der Waals surface area contributed by atoms with Gasteiger partial charge in [-0.15, -0.1) is 11.6 Å². The van der Waals surface area contributed by atoms with Gasteiger partial charge in [-0.25, -0.2) is 8.78 Å². The second-order valence-corrected chi connectivity index (χ2v) is 4.69. The van der Waals surface area contributed by atoms with Crippen molar-refractivity contribution in [2.24, 2.45) is 5.92 Å². The third kappa shape index (κ3) is 2.00. The highest BCUT2D eigenvalue weighted by Crippen LogP contribution is 2.42. The smallest absolute Gasteiger partial charge is 0.128 e. The van der Waals surface area contributed by atoms with Crippen LogP contribution in [0.5, 0.6) is 0 Å². The maximum absolute atomic E-state index is 13.6. The second-order valence-electron chi connectivity index (χ2n) is 4.22. The Bertz CT molecular complexity index is 372. The Hall–Kier alpha value is -0.630. The molecule has 1 aliphatic carbocycles. The van der Waals surface area contributed by atoms with Crippen LogP contribution in [-0.4, -0.2) is 0 Å². The first kappa shape index (κ1) is 10.9. The SMILES string of the molecule is Cc1cc(F)c(C(Cl)C2CCC2)cc1F. The summed E-state index contributed by atoms with van der Waals surface area (Å²) in [5.41, 5.74) is 0.637. The van der Waals surface area contributed by atoms with E-state index in [2.05, 4.69) is 0 Å². The lowest BCUT2D eigenvalue weighted by Gasteiger charge is -2.30. The van der Waals surface area contributed by atoms with E-state index in [1.165, 1.54) is 12.1 Å². The Morgan fingerprint density at radius 2 is 1.93 bits per heavy atom. The van der Waals surface area contributed by atoms with Gasteiger partial charge in [-0.1, -0.05) is 6.42 Å². The van der Waals surface area contributed by atoms with Crippen LogP contribution in [0.1, 0.15) is 35.8 Å². The van der Waals surface area contributed by atoms with Gasteiger partial charge in [-0.2, -0.15) is 0 Å². The Balaban J connectivity index is 2.30. The largest absolute Gasteiger partial charge is 0.207 e. The van der Waals surface area contributed by atoms with Crippen molar-refractivity contribution < 1.29 is 8.78 Å². The molecular formula is C12H13ClF2. The molecule has 0 radical (unpaired) electrons. The van der Waals surface area contributed by atoms with E-state index < -0.39 is 0 Å². The van der Waals surface area contributed by atoms with Crippen LogP contribution in [0.4, 0.5) is 8.78 Å². The van der Waals surface area contributed by atoms with Crippen molar-refractivity contribution in [3.05, 3.63) is 34.9 Å². The summed E-state index contributed by atoms with van der Waals surface area (Å²) in [5.74, 6) is -0.458. The molecule has 0 aliphatic heterocycles. The van der Waals surface area contributed by atoms with Gasteiger partial charge in [0.2, 0.25) is 0 Å². The van der Waals surface area contributed by atoms with Crippen molar-refractivity contribution in [3.63, 3.8) is 0 Å². The Morgan fingerprint density at radius 1 is 1.27 bits per heavy atom. The molecule has 0 spiro atoms. The third-order valence-electron chi connectivity index (χ3n) is 3.14. The average molecular weight is 231 g/mol. The topological polar surface area (TPSA) is 0 Å². The molecule has 1 saturated carbocycles. The lowest BCUT2D eigenvalue weighted by Crippen LogP contribution is -2.17. The van der Waals surface area contributed by atoms with Gasteiger partial charge in [-0.3, -0.25) is 0 Å². The lowest BCUT2D eigenvalue weighted by molar-refractivity contribution is 0.301. The van der Waals surface area contributed by atoms with Crippen molar-refractivity contribution in [1.29, 1.82) is 0 Å². The summed E-state index contributed by atoms with van der Waals surface area (Å²) >= 11 is 6.13. The molecule has 0 amide bonds. The molecule has 1 aromatic rings. The highest BCUT2D eigenvalue weighted by Gasteiger charge is 2.29. The van der Waals surface area contributed by atoms with Crippen molar-refractivity contribution in [2.75, 3.05) is 0 Å². The zero-order chi connectivity index (χ0) is 11.0. The number of benzene rings is 1. The van der Waals surface area contributed by atoms with Crippen LogP contribution < -0.4 is 0 Å². The van der Waals surface area contributed by atoms with Crippen LogP contribution in [0, 0.1) is 24.5 Å². The molecule has 0 saturated heterocycles. The fourth-order valence-electron chi connectivity index (χ4n) is 1.86. The van der Waals surface area contributed by atoms with Gasteiger partial charge in [0.1, 0.15) is 11.6 Å². The van der Waals surface area contributed by atoms with Crippen molar-refractivity contribution >= 4 is 11.6 Å². The first-order chi connectivity index (χ1) is 7.09. The fraction of sp³-hybridized carbons (Fsp3) is 0.500. The summed E-state index contributed by atoms with van der Waals surface area (Å²) in [4.78, 5) is 0. The summed E-state index contributed by atoms with van der Waals surface area (Å²) in [5, 5.41) is -0.381. The van der Waals surface area contributed by atoms with E-state index >= 15 is 0 Å². The molecule has 15 heavy (non-hydrogen) atoms. The Labute approximate surface area is 93.2 Å². The van der Waals surface area contributed by atoms with Crippen LogP contribution in [-0.2, 0) is 0 Å². The quantitative estimate of drug-likeness (QED) is 0.663. The molecular weight excluding hydrogens is 218 g/mol. The third-order valence-corrected chi connectivity index (χ3v) is 3.73. The standard InChI is InChI=1S/C12H13ClF2/c1-7-5-11(15)9(6-10(7)14)12(13)8-3-2-4-8/h5-6,8,12H,2-4H2,1H3. The van der Waals surface area contributed by atoms with E-state index in [1.54, 1.807) is 6.92 Å². The first-order valence-corrected chi connectivity index (χ1v) is 5.63. The molecule has 0 bridgehead atoms. The highest BCUT2D eigenvalue weighted by atomic mass is 35.5. The van der Waals surface area contributed by atoms with Crippen molar-refractivity contribution in [3.8, 4) is 0 Å². The molecule has 0 heterocycles. The van der Waals surface area contributed by atoms with Crippen LogP contribution in [0.3, 0.4) is 0 Å². The Kier molecular flexibility index (Phi) is 2.96. The lowest BCUT2D eigenvalue weighted by atomic mass is 9.80. The highest BCUT2D eigenvalue weighted by molar-refractivity contribution is 6.21. The van der Waals surface area contributed by atoms with E-state index in [0.717, 1.165) is 19.3 Å². The second kappa shape index (κ2) is 4.09. The number of aryl methyl sites for hydroxylation is 1. The number of rotatable bonds is 2. The van der Waals surface area contributed by atoms with E-state index in [-0.39, 0.29) is 17.0 Å². The van der Waals surface area contributed by atoms with Gasteiger partial charge in [0.05, 0.1) is 5.38 Å². The van der Waals surface area contributed by atoms with E-state index in [4.69, 9.17) is 11.6 Å². The maximum Gasteiger partial charge on any atom is 0.128 e. The van der Waals surface area contributed by atoms with Gasteiger partial charge in [0, 0.05) is 5.56 Å². The number of alkyl halides is 1. The van der Waals surface area contributed by atoms with Crippen LogP contribution >= 0.6 is 11.6 Å². The summed E-state index contributed by atoms with van der Waals surface area (Å²) in [6, 6.07) is 2.46. The molecule has 1 aliphatic rings. The van der Waals surface area contributed by atoms with Gasteiger partial charge < -0.3 is 0 Å². The maximum atomic E-state index is 13.6.